The number of rotatable bonds is 5. The van der Waals surface area contributed by atoms with Gasteiger partial charge in [-0.05, 0) is 44.0 Å². The van der Waals surface area contributed by atoms with E-state index in [4.69, 9.17) is 11.5 Å². The summed E-state index contributed by atoms with van der Waals surface area (Å²) in [6.45, 7) is 3.81. The maximum absolute atomic E-state index is 11.9. The Morgan fingerprint density at radius 2 is 2.00 bits per heavy atom. The molecule has 0 saturated carbocycles. The molecular formula is C18H24N6O3S. The average molecular weight is 404 g/mol. The molecule has 28 heavy (non-hydrogen) atoms. The minimum atomic E-state index is -3.14. The highest BCUT2D eigenvalue weighted by atomic mass is 32.2. The Bertz CT molecular complexity index is 988. The van der Waals surface area contributed by atoms with Crippen molar-refractivity contribution < 1.29 is 13.2 Å². The van der Waals surface area contributed by atoms with Crippen molar-refractivity contribution >= 4 is 32.9 Å². The average Bonchev–Trinajstić information content (AvgIpc) is 2.57. The van der Waals surface area contributed by atoms with Crippen molar-refractivity contribution in [3.05, 3.63) is 41.3 Å². The van der Waals surface area contributed by atoms with Crippen LogP contribution in [0.3, 0.4) is 0 Å². The summed E-state index contributed by atoms with van der Waals surface area (Å²) in [6.07, 6.45) is 1.83. The number of aromatic nitrogens is 2. The van der Waals surface area contributed by atoms with Gasteiger partial charge in [0.15, 0.2) is 15.5 Å². The number of pyridine rings is 2. The van der Waals surface area contributed by atoms with E-state index in [0.29, 0.717) is 23.6 Å². The molecule has 3 rings (SSSR count). The van der Waals surface area contributed by atoms with Crippen LogP contribution in [0.5, 0.6) is 0 Å². The first-order chi connectivity index (χ1) is 13.1. The van der Waals surface area contributed by atoms with E-state index >= 15 is 0 Å². The molecule has 10 heteroatoms. The number of carbonyl (C=O) groups excluding carboxylic acids is 1. The van der Waals surface area contributed by atoms with Crippen LogP contribution in [0.2, 0.25) is 0 Å². The lowest BCUT2D eigenvalue weighted by atomic mass is 10.1. The predicted octanol–water partition coefficient (Wildman–Crippen LogP) is 0.862. The molecule has 1 saturated heterocycles. The molecule has 1 aliphatic rings. The third-order valence-electron chi connectivity index (χ3n) is 4.55. The summed E-state index contributed by atoms with van der Waals surface area (Å²) in [6, 6.07) is 4.69. The maximum Gasteiger partial charge on any atom is 0.269 e. The topological polar surface area (TPSA) is 153 Å². The predicted molar refractivity (Wildman–Crippen MR) is 108 cm³/mol. The van der Waals surface area contributed by atoms with Crippen LogP contribution in [0.15, 0.2) is 24.4 Å². The van der Waals surface area contributed by atoms with Crippen molar-refractivity contribution in [2.45, 2.75) is 32.4 Å². The molecule has 0 aliphatic carbocycles. The van der Waals surface area contributed by atoms with Crippen molar-refractivity contribution in [2.75, 3.05) is 22.1 Å². The first-order valence-corrected chi connectivity index (χ1v) is 10.7. The monoisotopic (exact) mass is 404 g/mol. The SMILES string of the molecule is Cc1cc(C)nc(Nc2cc(N[C@@H]3CS(=O)(=O)CC[C@@H]3N)cnc2C(N)=O)c1. The number of carbonyl (C=O) groups is 1. The Kier molecular flexibility index (Phi) is 5.52. The van der Waals surface area contributed by atoms with Gasteiger partial charge in [-0.15, -0.1) is 0 Å². The quantitative estimate of drug-likeness (QED) is 0.572. The number of nitrogens with two attached hydrogens (primary N) is 2. The first kappa shape index (κ1) is 20.0. The molecule has 2 aromatic rings. The van der Waals surface area contributed by atoms with E-state index in [1.165, 1.54) is 6.20 Å². The van der Waals surface area contributed by atoms with Crippen molar-refractivity contribution in [1.29, 1.82) is 0 Å². The van der Waals surface area contributed by atoms with E-state index < -0.39 is 21.8 Å². The zero-order chi connectivity index (χ0) is 20.5. The molecule has 9 nitrogen and oxygen atoms in total. The van der Waals surface area contributed by atoms with Gasteiger partial charge in [0.2, 0.25) is 0 Å². The van der Waals surface area contributed by atoms with Crippen LogP contribution in [0.1, 0.15) is 28.2 Å². The number of sulfone groups is 1. The molecule has 6 N–H and O–H groups in total. The molecule has 0 radical (unpaired) electrons. The fraction of sp³-hybridized carbons (Fsp3) is 0.389. The van der Waals surface area contributed by atoms with Gasteiger partial charge in [0, 0.05) is 11.7 Å². The zero-order valence-corrected chi connectivity index (χ0v) is 16.6. The Balaban J connectivity index is 1.90. The van der Waals surface area contributed by atoms with E-state index in [-0.39, 0.29) is 23.2 Å². The smallest absolute Gasteiger partial charge is 0.269 e. The summed E-state index contributed by atoms with van der Waals surface area (Å²) in [7, 11) is -3.14. The largest absolute Gasteiger partial charge is 0.378 e. The highest BCUT2D eigenvalue weighted by Gasteiger charge is 2.31. The molecule has 1 amide bonds. The highest BCUT2D eigenvalue weighted by molar-refractivity contribution is 7.91. The van der Waals surface area contributed by atoms with Crippen LogP contribution in [-0.4, -0.2) is 47.9 Å². The van der Waals surface area contributed by atoms with Gasteiger partial charge in [-0.1, -0.05) is 0 Å². The number of anilines is 3. The Labute approximate surface area is 163 Å². The molecule has 0 unspecified atom stereocenters. The summed E-state index contributed by atoms with van der Waals surface area (Å²) < 4.78 is 23.8. The number of hydrogen-bond donors (Lipinski definition) is 4. The lowest BCUT2D eigenvalue weighted by Crippen LogP contribution is -2.50. The van der Waals surface area contributed by atoms with Crippen LogP contribution in [-0.2, 0) is 9.84 Å². The van der Waals surface area contributed by atoms with Gasteiger partial charge in [0.25, 0.3) is 5.91 Å². The van der Waals surface area contributed by atoms with Gasteiger partial charge in [0.1, 0.15) is 5.82 Å². The molecule has 2 aromatic heterocycles. The fourth-order valence-electron chi connectivity index (χ4n) is 3.24. The van der Waals surface area contributed by atoms with Crippen LogP contribution in [0.25, 0.3) is 0 Å². The number of hydrogen-bond acceptors (Lipinski definition) is 8. The Hall–Kier alpha value is -2.72. The third-order valence-corrected chi connectivity index (χ3v) is 6.27. The van der Waals surface area contributed by atoms with Crippen LogP contribution in [0.4, 0.5) is 17.2 Å². The van der Waals surface area contributed by atoms with E-state index in [2.05, 4.69) is 20.6 Å². The molecule has 2 atom stereocenters. The second-order valence-corrected chi connectivity index (χ2v) is 9.33. The van der Waals surface area contributed by atoms with Gasteiger partial charge >= 0.3 is 0 Å². The molecule has 0 bridgehead atoms. The molecule has 0 spiro atoms. The van der Waals surface area contributed by atoms with Crippen molar-refractivity contribution in [3.63, 3.8) is 0 Å². The van der Waals surface area contributed by atoms with Crippen LogP contribution in [0, 0.1) is 13.8 Å². The zero-order valence-electron chi connectivity index (χ0n) is 15.8. The molecule has 1 fully saturated rings. The second-order valence-electron chi connectivity index (χ2n) is 7.10. The first-order valence-electron chi connectivity index (χ1n) is 8.88. The highest BCUT2D eigenvalue weighted by Crippen LogP contribution is 2.24. The molecule has 3 heterocycles. The maximum atomic E-state index is 11.9. The molecular weight excluding hydrogens is 380 g/mol. The minimum Gasteiger partial charge on any atom is -0.378 e. The number of aryl methyl sites for hydroxylation is 2. The summed E-state index contributed by atoms with van der Waals surface area (Å²) in [5, 5.41) is 6.20. The molecule has 150 valence electrons. The summed E-state index contributed by atoms with van der Waals surface area (Å²) in [5.74, 6) is -0.0879. The minimum absolute atomic E-state index is 0.0485. The van der Waals surface area contributed by atoms with Crippen LogP contribution < -0.4 is 22.1 Å². The molecule has 1 aliphatic heterocycles. The standard InChI is InChI=1S/C18H24N6O3S/c1-10-5-11(2)22-16(6-10)24-14-7-12(8-21-17(14)18(20)25)23-15-9-28(26,27)4-3-13(15)19/h5-8,13,15,23H,3-4,9,19H2,1-2H3,(H2,20,25)(H,22,24)/t13-,15+/m0/s1. The lowest BCUT2D eigenvalue weighted by Gasteiger charge is -2.30. The van der Waals surface area contributed by atoms with Crippen molar-refractivity contribution in [2.24, 2.45) is 11.5 Å². The van der Waals surface area contributed by atoms with Gasteiger partial charge in [-0.3, -0.25) is 4.79 Å². The van der Waals surface area contributed by atoms with Crippen molar-refractivity contribution in [3.8, 4) is 0 Å². The Morgan fingerprint density at radius 3 is 2.68 bits per heavy atom. The van der Waals surface area contributed by atoms with E-state index in [1.807, 2.05) is 26.0 Å². The number of amides is 1. The van der Waals surface area contributed by atoms with Crippen LogP contribution >= 0.6 is 0 Å². The lowest BCUT2D eigenvalue weighted by molar-refractivity contribution is 0.0996. The molecule has 0 aromatic carbocycles. The van der Waals surface area contributed by atoms with Gasteiger partial charge < -0.3 is 22.1 Å². The van der Waals surface area contributed by atoms with Crippen molar-refractivity contribution in [1.82, 2.24) is 9.97 Å². The van der Waals surface area contributed by atoms with E-state index in [9.17, 15) is 13.2 Å². The Morgan fingerprint density at radius 1 is 1.25 bits per heavy atom. The summed E-state index contributed by atoms with van der Waals surface area (Å²) in [4.78, 5) is 20.3. The van der Waals surface area contributed by atoms with Gasteiger partial charge in [-0.2, -0.15) is 0 Å². The van der Waals surface area contributed by atoms with Gasteiger partial charge in [0.05, 0.1) is 35.1 Å². The third kappa shape index (κ3) is 4.76. The van der Waals surface area contributed by atoms with Gasteiger partial charge in [-0.25, -0.2) is 18.4 Å². The number of nitrogens with one attached hydrogen (secondary N) is 2. The fourth-order valence-corrected chi connectivity index (χ4v) is 4.91. The van der Waals surface area contributed by atoms with E-state index in [0.717, 1.165) is 11.3 Å². The summed E-state index contributed by atoms with van der Waals surface area (Å²) in [5.41, 5.74) is 14.3. The summed E-state index contributed by atoms with van der Waals surface area (Å²) >= 11 is 0. The second kappa shape index (κ2) is 7.72. The normalized spacial score (nSPS) is 21.1. The number of primary amides is 1. The number of nitrogens with zero attached hydrogens (tertiary/aromatic N) is 2. The van der Waals surface area contributed by atoms with E-state index in [1.54, 1.807) is 6.07 Å².